The van der Waals surface area contributed by atoms with E-state index in [0.29, 0.717) is 12.2 Å². The van der Waals surface area contributed by atoms with E-state index in [1.807, 2.05) is 26.0 Å². The summed E-state index contributed by atoms with van der Waals surface area (Å²) in [7, 11) is -1.83. The zero-order valence-corrected chi connectivity index (χ0v) is 20.4. The number of halogens is 1. The third kappa shape index (κ3) is 6.45. The predicted molar refractivity (Wildman–Crippen MR) is 129 cm³/mol. The molecule has 3 rings (SSSR count). The Balaban J connectivity index is 1.62. The highest BCUT2D eigenvalue weighted by atomic mass is 35.5. The van der Waals surface area contributed by atoms with Crippen molar-refractivity contribution in [3.63, 3.8) is 0 Å². The zero-order chi connectivity index (χ0) is 23.3. The van der Waals surface area contributed by atoms with Crippen LogP contribution in [0.5, 0.6) is 0 Å². The molecule has 2 N–H and O–H groups in total. The van der Waals surface area contributed by atoms with Gasteiger partial charge in [-0.1, -0.05) is 29.3 Å². The van der Waals surface area contributed by atoms with E-state index < -0.39 is 10.0 Å². The Labute approximate surface area is 195 Å². The summed E-state index contributed by atoms with van der Waals surface area (Å²) in [6, 6.07) is 9.74. The van der Waals surface area contributed by atoms with Gasteiger partial charge in [-0.2, -0.15) is 0 Å². The van der Waals surface area contributed by atoms with Crippen LogP contribution >= 0.6 is 11.6 Å². The van der Waals surface area contributed by atoms with E-state index in [1.165, 1.54) is 18.2 Å². The maximum atomic E-state index is 13.0. The zero-order valence-electron chi connectivity index (χ0n) is 18.8. The maximum Gasteiger partial charge on any atom is 0.263 e. The van der Waals surface area contributed by atoms with Crippen molar-refractivity contribution in [3.05, 3.63) is 58.1 Å². The number of sulfonamides is 1. The van der Waals surface area contributed by atoms with Crippen LogP contribution in [0.2, 0.25) is 5.02 Å². The van der Waals surface area contributed by atoms with Crippen molar-refractivity contribution in [1.82, 2.24) is 15.1 Å². The molecular weight excluding hydrogens is 448 g/mol. The SMILES string of the molecule is Cc1ccc(NS(=O)(=O)c2cc(C(=O)NCCCN3CCN(C)CC3)ccc2Cl)c(C)c1. The number of carbonyl (C=O) groups is 1. The number of carbonyl (C=O) groups excluding carboxylic acids is 1. The molecule has 0 spiro atoms. The van der Waals surface area contributed by atoms with Gasteiger partial charge in [0.05, 0.1) is 10.7 Å². The number of hydrogen-bond donors (Lipinski definition) is 2. The molecule has 1 heterocycles. The molecule has 1 amide bonds. The van der Waals surface area contributed by atoms with Gasteiger partial charge in [-0.3, -0.25) is 9.52 Å². The molecule has 9 heteroatoms. The summed E-state index contributed by atoms with van der Waals surface area (Å²) in [5.74, 6) is -0.317. The van der Waals surface area contributed by atoms with E-state index in [-0.39, 0.29) is 21.4 Å². The van der Waals surface area contributed by atoms with E-state index in [0.717, 1.165) is 50.3 Å². The Bertz CT molecular complexity index is 1070. The second kappa shape index (κ2) is 10.7. The minimum Gasteiger partial charge on any atom is -0.352 e. The van der Waals surface area contributed by atoms with Gasteiger partial charge in [-0.25, -0.2) is 8.42 Å². The summed E-state index contributed by atoms with van der Waals surface area (Å²) < 4.78 is 28.5. The third-order valence-electron chi connectivity index (χ3n) is 5.64. The van der Waals surface area contributed by atoms with Gasteiger partial charge in [0.2, 0.25) is 0 Å². The Kier molecular flexibility index (Phi) is 8.16. The molecule has 0 aromatic heterocycles. The quantitative estimate of drug-likeness (QED) is 0.570. The second-order valence-electron chi connectivity index (χ2n) is 8.32. The number of benzene rings is 2. The first-order chi connectivity index (χ1) is 15.2. The lowest BCUT2D eigenvalue weighted by atomic mass is 10.1. The first-order valence-electron chi connectivity index (χ1n) is 10.7. The van der Waals surface area contributed by atoms with Gasteiger partial charge < -0.3 is 15.1 Å². The number of piperazine rings is 1. The highest BCUT2D eigenvalue weighted by Crippen LogP contribution is 2.26. The molecule has 0 radical (unpaired) electrons. The van der Waals surface area contributed by atoms with Gasteiger partial charge >= 0.3 is 0 Å². The molecule has 2 aromatic rings. The summed E-state index contributed by atoms with van der Waals surface area (Å²) in [6.45, 7) is 9.42. The maximum absolute atomic E-state index is 13.0. The largest absolute Gasteiger partial charge is 0.352 e. The van der Waals surface area contributed by atoms with Gasteiger partial charge in [0.15, 0.2) is 0 Å². The number of amides is 1. The molecular formula is C23H31ClN4O3S. The van der Waals surface area contributed by atoms with Crippen molar-refractivity contribution in [3.8, 4) is 0 Å². The van der Waals surface area contributed by atoms with Crippen molar-refractivity contribution < 1.29 is 13.2 Å². The molecule has 1 fully saturated rings. The van der Waals surface area contributed by atoms with Crippen LogP contribution in [0.15, 0.2) is 41.3 Å². The average Bonchev–Trinajstić information content (AvgIpc) is 2.74. The van der Waals surface area contributed by atoms with Crippen molar-refractivity contribution >= 4 is 33.2 Å². The molecule has 0 aliphatic carbocycles. The monoisotopic (exact) mass is 478 g/mol. The minimum atomic E-state index is -3.95. The molecule has 2 aromatic carbocycles. The summed E-state index contributed by atoms with van der Waals surface area (Å²) in [4.78, 5) is 17.2. The number of nitrogens with zero attached hydrogens (tertiary/aromatic N) is 2. The van der Waals surface area contributed by atoms with Crippen LogP contribution in [0.25, 0.3) is 0 Å². The molecule has 32 heavy (non-hydrogen) atoms. The molecule has 0 unspecified atom stereocenters. The van der Waals surface area contributed by atoms with Gasteiger partial charge in [0.25, 0.3) is 15.9 Å². The Hall–Kier alpha value is -2.13. The van der Waals surface area contributed by atoms with Crippen LogP contribution in [0, 0.1) is 13.8 Å². The number of rotatable bonds is 8. The molecule has 0 bridgehead atoms. The average molecular weight is 479 g/mol. The standard InChI is InChI=1S/C23H31ClN4O3S/c1-17-5-8-21(18(2)15-17)26-32(30,31)22-16-19(6-7-20(22)24)23(29)25-9-4-10-28-13-11-27(3)12-14-28/h5-8,15-16,26H,4,9-14H2,1-3H3,(H,25,29). The fourth-order valence-corrected chi connectivity index (χ4v) is 5.31. The fraction of sp³-hybridized carbons (Fsp3) is 0.435. The number of likely N-dealkylation sites (N-methyl/N-ethyl adjacent to an activating group) is 1. The number of nitrogens with one attached hydrogen (secondary N) is 2. The van der Waals surface area contributed by atoms with Crippen LogP contribution in [0.1, 0.15) is 27.9 Å². The van der Waals surface area contributed by atoms with Crippen LogP contribution < -0.4 is 10.0 Å². The first kappa shape index (κ1) is 24.5. The summed E-state index contributed by atoms with van der Waals surface area (Å²) in [6.07, 6.45) is 0.836. The van der Waals surface area contributed by atoms with Crippen molar-refractivity contribution in [1.29, 1.82) is 0 Å². The first-order valence-corrected chi connectivity index (χ1v) is 12.6. The number of anilines is 1. The Morgan fingerprint density at radius 1 is 1.06 bits per heavy atom. The highest BCUT2D eigenvalue weighted by Gasteiger charge is 2.21. The number of aryl methyl sites for hydroxylation is 2. The lowest BCUT2D eigenvalue weighted by Crippen LogP contribution is -2.45. The summed E-state index contributed by atoms with van der Waals surface area (Å²) >= 11 is 6.18. The Morgan fingerprint density at radius 2 is 1.78 bits per heavy atom. The fourth-order valence-electron chi connectivity index (χ4n) is 3.66. The van der Waals surface area contributed by atoms with E-state index in [9.17, 15) is 13.2 Å². The Morgan fingerprint density at radius 3 is 2.47 bits per heavy atom. The normalized spacial score (nSPS) is 15.5. The van der Waals surface area contributed by atoms with Crippen molar-refractivity contribution in [2.45, 2.75) is 25.2 Å². The van der Waals surface area contributed by atoms with E-state index in [4.69, 9.17) is 11.6 Å². The summed E-state index contributed by atoms with van der Waals surface area (Å²) in [5, 5.41) is 2.94. The summed E-state index contributed by atoms with van der Waals surface area (Å²) in [5.41, 5.74) is 2.58. The van der Waals surface area contributed by atoms with Crippen LogP contribution in [-0.2, 0) is 10.0 Å². The topological polar surface area (TPSA) is 81.7 Å². The predicted octanol–water partition coefficient (Wildman–Crippen LogP) is 3.12. The second-order valence-corrected chi connectivity index (χ2v) is 10.4. The molecule has 1 aliphatic rings. The van der Waals surface area contributed by atoms with Crippen molar-refractivity contribution in [2.75, 3.05) is 51.0 Å². The molecule has 1 aliphatic heterocycles. The smallest absolute Gasteiger partial charge is 0.263 e. The van der Waals surface area contributed by atoms with Gasteiger partial charge in [0, 0.05) is 38.3 Å². The van der Waals surface area contributed by atoms with E-state index in [1.54, 1.807) is 6.07 Å². The molecule has 1 saturated heterocycles. The van der Waals surface area contributed by atoms with E-state index in [2.05, 4.69) is 26.9 Å². The third-order valence-corrected chi connectivity index (χ3v) is 7.49. The minimum absolute atomic E-state index is 0.0638. The molecule has 0 saturated carbocycles. The molecule has 7 nitrogen and oxygen atoms in total. The van der Waals surface area contributed by atoms with Gasteiger partial charge in [-0.15, -0.1) is 0 Å². The molecule has 174 valence electrons. The lowest BCUT2D eigenvalue weighted by molar-refractivity contribution is 0.0949. The molecule has 0 atom stereocenters. The van der Waals surface area contributed by atoms with Crippen LogP contribution in [0.3, 0.4) is 0 Å². The van der Waals surface area contributed by atoms with Crippen LogP contribution in [-0.4, -0.2) is 70.4 Å². The van der Waals surface area contributed by atoms with Crippen LogP contribution in [0.4, 0.5) is 5.69 Å². The van der Waals surface area contributed by atoms with Gasteiger partial charge in [0.1, 0.15) is 4.90 Å². The van der Waals surface area contributed by atoms with Crippen molar-refractivity contribution in [2.24, 2.45) is 0 Å². The van der Waals surface area contributed by atoms with E-state index >= 15 is 0 Å². The lowest BCUT2D eigenvalue weighted by Gasteiger charge is -2.32. The highest BCUT2D eigenvalue weighted by molar-refractivity contribution is 7.92. The number of hydrogen-bond acceptors (Lipinski definition) is 5. The van der Waals surface area contributed by atoms with Gasteiger partial charge in [-0.05, 0) is 63.7 Å².